The molecule has 1 aliphatic rings. The van der Waals surface area contributed by atoms with Crippen LogP contribution in [0.1, 0.15) is 60.5 Å². The Morgan fingerprint density at radius 3 is 2.46 bits per heavy atom. The van der Waals surface area contributed by atoms with Gasteiger partial charge in [0.2, 0.25) is 5.91 Å². The smallest absolute Gasteiger partial charge is 0.255 e. The molecular weight excluding hydrogens is 324 g/mol. The van der Waals surface area contributed by atoms with E-state index in [-0.39, 0.29) is 11.8 Å². The average Bonchev–Trinajstić information content (AvgIpc) is 2.63. The maximum atomic E-state index is 12.7. The van der Waals surface area contributed by atoms with Gasteiger partial charge in [-0.25, -0.2) is 0 Å². The summed E-state index contributed by atoms with van der Waals surface area (Å²) in [5.74, 6) is 0.366. The van der Waals surface area contributed by atoms with Crippen LogP contribution >= 0.6 is 0 Å². The lowest BCUT2D eigenvalue weighted by atomic mass is 9.98. The Kier molecular flexibility index (Phi) is 5.40. The summed E-state index contributed by atoms with van der Waals surface area (Å²) in [5.41, 5.74) is 4.54. The number of nitrogens with zero attached hydrogens (tertiary/aromatic N) is 1. The van der Waals surface area contributed by atoms with Crippen LogP contribution in [0.3, 0.4) is 0 Å². The number of nitrogens with one attached hydrogen (secondary N) is 1. The van der Waals surface area contributed by atoms with Crippen LogP contribution in [-0.2, 0) is 4.79 Å². The molecule has 4 nitrogen and oxygen atoms in total. The van der Waals surface area contributed by atoms with Gasteiger partial charge in [-0.1, -0.05) is 32.0 Å². The summed E-state index contributed by atoms with van der Waals surface area (Å²) in [6.07, 6.45) is 2.59. The standard InChI is InChI=1S/C22H26N2O2/c1-15(2)19-8-6-7-16(3)21(19)23-22(26)17-10-12-18(13-11-17)24-14-5-4-9-20(24)25/h6-8,10-13,15H,4-5,9,14H2,1-3H3,(H,23,26). The number of anilines is 2. The van der Waals surface area contributed by atoms with Crippen molar-refractivity contribution in [2.24, 2.45) is 0 Å². The second-order valence-electron chi connectivity index (χ2n) is 7.20. The summed E-state index contributed by atoms with van der Waals surface area (Å²) in [6, 6.07) is 13.4. The minimum absolute atomic E-state index is 0.127. The molecular formula is C22H26N2O2. The van der Waals surface area contributed by atoms with Gasteiger partial charge in [-0.3, -0.25) is 9.59 Å². The number of carbonyl (C=O) groups excluding carboxylic acids is 2. The lowest BCUT2D eigenvalue weighted by molar-refractivity contribution is -0.119. The number of aryl methyl sites for hydroxylation is 1. The van der Waals surface area contributed by atoms with E-state index in [0.717, 1.165) is 41.9 Å². The molecule has 0 atom stereocenters. The Balaban J connectivity index is 1.78. The zero-order valence-electron chi connectivity index (χ0n) is 15.7. The van der Waals surface area contributed by atoms with Gasteiger partial charge >= 0.3 is 0 Å². The van der Waals surface area contributed by atoms with Crippen LogP contribution < -0.4 is 10.2 Å². The fourth-order valence-electron chi connectivity index (χ4n) is 3.40. The lowest BCUT2D eigenvalue weighted by Crippen LogP contribution is -2.35. The summed E-state index contributed by atoms with van der Waals surface area (Å²) < 4.78 is 0. The van der Waals surface area contributed by atoms with Gasteiger partial charge in [-0.15, -0.1) is 0 Å². The first-order valence-electron chi connectivity index (χ1n) is 9.28. The molecule has 0 aliphatic carbocycles. The molecule has 0 saturated carbocycles. The van der Waals surface area contributed by atoms with Gasteiger partial charge in [0.25, 0.3) is 5.91 Å². The molecule has 1 fully saturated rings. The number of hydrogen-bond acceptors (Lipinski definition) is 2. The van der Waals surface area contributed by atoms with Crippen LogP contribution in [-0.4, -0.2) is 18.4 Å². The van der Waals surface area contributed by atoms with Gasteiger partial charge in [-0.2, -0.15) is 0 Å². The van der Waals surface area contributed by atoms with E-state index in [0.29, 0.717) is 17.9 Å². The Labute approximate surface area is 155 Å². The molecule has 2 amide bonds. The second-order valence-corrected chi connectivity index (χ2v) is 7.20. The van der Waals surface area contributed by atoms with Crippen molar-refractivity contribution in [3.05, 3.63) is 59.2 Å². The van der Waals surface area contributed by atoms with Crippen molar-refractivity contribution in [3.63, 3.8) is 0 Å². The fraction of sp³-hybridized carbons (Fsp3) is 0.364. The summed E-state index contributed by atoms with van der Waals surface area (Å²) in [6.45, 7) is 7.00. The molecule has 0 unspecified atom stereocenters. The molecule has 3 rings (SSSR count). The molecule has 4 heteroatoms. The topological polar surface area (TPSA) is 49.4 Å². The van der Waals surface area contributed by atoms with Crippen molar-refractivity contribution in [1.29, 1.82) is 0 Å². The zero-order chi connectivity index (χ0) is 18.7. The predicted octanol–water partition coefficient (Wildman–Crippen LogP) is 4.89. The molecule has 1 heterocycles. The van der Waals surface area contributed by atoms with E-state index in [9.17, 15) is 9.59 Å². The van der Waals surface area contributed by atoms with Crippen LogP contribution in [0.2, 0.25) is 0 Å². The van der Waals surface area contributed by atoms with Crippen LogP contribution in [0, 0.1) is 6.92 Å². The third-order valence-electron chi connectivity index (χ3n) is 4.93. The number of amides is 2. The summed E-state index contributed by atoms with van der Waals surface area (Å²) in [7, 11) is 0. The largest absolute Gasteiger partial charge is 0.321 e. The van der Waals surface area contributed by atoms with E-state index in [1.807, 2.05) is 36.1 Å². The maximum absolute atomic E-state index is 12.7. The van der Waals surface area contributed by atoms with Gasteiger partial charge in [0.1, 0.15) is 0 Å². The molecule has 0 bridgehead atoms. The third-order valence-corrected chi connectivity index (χ3v) is 4.93. The van der Waals surface area contributed by atoms with E-state index in [2.05, 4.69) is 25.2 Å². The molecule has 1 saturated heterocycles. The van der Waals surface area contributed by atoms with Gasteiger partial charge in [0, 0.05) is 29.9 Å². The number of hydrogen-bond donors (Lipinski definition) is 1. The highest BCUT2D eigenvalue weighted by Crippen LogP contribution is 2.28. The molecule has 0 spiro atoms. The fourth-order valence-corrected chi connectivity index (χ4v) is 3.40. The highest BCUT2D eigenvalue weighted by Gasteiger charge is 2.20. The second kappa shape index (κ2) is 7.73. The van der Waals surface area contributed by atoms with Crippen molar-refractivity contribution in [3.8, 4) is 0 Å². The van der Waals surface area contributed by atoms with Crippen molar-refractivity contribution in [1.82, 2.24) is 0 Å². The molecule has 26 heavy (non-hydrogen) atoms. The van der Waals surface area contributed by atoms with Crippen molar-refractivity contribution >= 4 is 23.2 Å². The molecule has 0 radical (unpaired) electrons. The van der Waals surface area contributed by atoms with E-state index >= 15 is 0 Å². The predicted molar refractivity (Wildman–Crippen MR) is 106 cm³/mol. The summed E-state index contributed by atoms with van der Waals surface area (Å²) in [5, 5.41) is 3.06. The quantitative estimate of drug-likeness (QED) is 0.854. The van der Waals surface area contributed by atoms with Crippen molar-refractivity contribution in [2.45, 2.75) is 46.0 Å². The summed E-state index contributed by atoms with van der Waals surface area (Å²) >= 11 is 0. The molecule has 2 aromatic rings. The molecule has 136 valence electrons. The normalized spacial score (nSPS) is 14.6. The highest BCUT2D eigenvalue weighted by molar-refractivity contribution is 6.05. The van der Waals surface area contributed by atoms with E-state index < -0.39 is 0 Å². The van der Waals surface area contributed by atoms with Crippen LogP contribution in [0.25, 0.3) is 0 Å². The van der Waals surface area contributed by atoms with Crippen molar-refractivity contribution < 1.29 is 9.59 Å². The van der Waals surface area contributed by atoms with Gasteiger partial charge in [-0.05, 0) is 61.1 Å². The Morgan fingerprint density at radius 1 is 1.08 bits per heavy atom. The monoisotopic (exact) mass is 350 g/mol. The maximum Gasteiger partial charge on any atom is 0.255 e. The third kappa shape index (κ3) is 3.79. The first-order valence-corrected chi connectivity index (χ1v) is 9.28. The van der Waals surface area contributed by atoms with E-state index in [4.69, 9.17) is 0 Å². The van der Waals surface area contributed by atoms with Gasteiger partial charge in [0.05, 0.1) is 0 Å². The minimum Gasteiger partial charge on any atom is -0.321 e. The average molecular weight is 350 g/mol. The first-order chi connectivity index (χ1) is 12.5. The Morgan fingerprint density at radius 2 is 1.81 bits per heavy atom. The SMILES string of the molecule is Cc1cccc(C(C)C)c1NC(=O)c1ccc(N2CCCCC2=O)cc1. The lowest BCUT2D eigenvalue weighted by Gasteiger charge is -2.26. The molecule has 0 aromatic heterocycles. The number of carbonyl (C=O) groups is 2. The number of rotatable bonds is 4. The van der Waals surface area contributed by atoms with Crippen LogP contribution in [0.4, 0.5) is 11.4 Å². The highest BCUT2D eigenvalue weighted by atomic mass is 16.2. The van der Waals surface area contributed by atoms with Gasteiger partial charge in [0.15, 0.2) is 0 Å². The van der Waals surface area contributed by atoms with E-state index in [1.54, 1.807) is 12.1 Å². The zero-order valence-corrected chi connectivity index (χ0v) is 15.7. The summed E-state index contributed by atoms with van der Waals surface area (Å²) in [4.78, 5) is 26.6. The Hall–Kier alpha value is -2.62. The first kappa shape index (κ1) is 18.2. The molecule has 2 aromatic carbocycles. The van der Waals surface area contributed by atoms with Crippen LogP contribution in [0.5, 0.6) is 0 Å². The van der Waals surface area contributed by atoms with Crippen molar-refractivity contribution in [2.75, 3.05) is 16.8 Å². The number of piperidine rings is 1. The number of para-hydroxylation sites is 1. The van der Waals surface area contributed by atoms with Crippen LogP contribution in [0.15, 0.2) is 42.5 Å². The van der Waals surface area contributed by atoms with Gasteiger partial charge < -0.3 is 10.2 Å². The number of benzene rings is 2. The Bertz CT molecular complexity index is 809. The molecule has 1 aliphatic heterocycles. The van der Waals surface area contributed by atoms with E-state index in [1.165, 1.54) is 0 Å². The minimum atomic E-state index is -0.127. The molecule has 1 N–H and O–H groups in total.